The van der Waals surface area contributed by atoms with Gasteiger partial charge in [0.15, 0.2) is 0 Å². The van der Waals surface area contributed by atoms with E-state index in [9.17, 15) is 0 Å². The molecule has 0 spiro atoms. The van der Waals surface area contributed by atoms with Crippen LogP contribution in [-0.4, -0.2) is 5.88 Å². The van der Waals surface area contributed by atoms with Crippen LogP contribution in [0.25, 0.3) is 0 Å². The minimum atomic E-state index is 0.455. The maximum absolute atomic E-state index is 5.99. The van der Waals surface area contributed by atoms with Crippen molar-refractivity contribution in [1.82, 2.24) is 0 Å². The summed E-state index contributed by atoms with van der Waals surface area (Å²) in [5.41, 5.74) is 1.27. The average Bonchev–Trinajstić information content (AvgIpc) is 2.24. The summed E-state index contributed by atoms with van der Waals surface area (Å²) in [5.74, 6) is 1.14. The minimum absolute atomic E-state index is 0.455. The van der Waals surface area contributed by atoms with Crippen LogP contribution in [0.1, 0.15) is 44.1 Å². The van der Waals surface area contributed by atoms with Crippen LogP contribution in [0.15, 0.2) is 24.3 Å². The van der Waals surface area contributed by atoms with E-state index in [4.69, 9.17) is 23.2 Å². The third kappa shape index (κ3) is 4.44. The molecule has 0 nitrogen and oxygen atoms in total. The summed E-state index contributed by atoms with van der Waals surface area (Å²) in [7, 11) is 0. The minimum Gasteiger partial charge on any atom is -0.126 e. The quantitative estimate of drug-likeness (QED) is 0.474. The predicted molar refractivity (Wildman–Crippen MR) is 69.1 cm³/mol. The van der Waals surface area contributed by atoms with Gasteiger partial charge in [0.1, 0.15) is 0 Å². The normalized spacial score (nSPS) is 12.7. The summed E-state index contributed by atoms with van der Waals surface area (Å²) >= 11 is 12.0. The molecule has 0 saturated carbocycles. The first-order valence-electron chi connectivity index (χ1n) is 5.59. The molecule has 0 heterocycles. The van der Waals surface area contributed by atoms with Crippen LogP contribution < -0.4 is 0 Å². The van der Waals surface area contributed by atoms with Crippen molar-refractivity contribution in [3.8, 4) is 0 Å². The number of benzene rings is 1. The van der Waals surface area contributed by atoms with Crippen molar-refractivity contribution in [3.05, 3.63) is 34.9 Å². The van der Waals surface area contributed by atoms with E-state index in [0.717, 1.165) is 11.4 Å². The van der Waals surface area contributed by atoms with Crippen LogP contribution in [0, 0.1) is 0 Å². The molecule has 0 aromatic heterocycles. The molecule has 2 heteroatoms. The first-order valence-corrected chi connectivity index (χ1v) is 6.50. The Morgan fingerprint density at radius 1 is 1.27 bits per heavy atom. The van der Waals surface area contributed by atoms with Gasteiger partial charge < -0.3 is 0 Å². The fraction of sp³-hybridized carbons (Fsp3) is 0.538. The van der Waals surface area contributed by atoms with E-state index >= 15 is 0 Å². The lowest BCUT2D eigenvalue weighted by Gasteiger charge is -2.14. The van der Waals surface area contributed by atoms with Crippen molar-refractivity contribution in [3.63, 3.8) is 0 Å². The number of alkyl halides is 1. The Bertz CT molecular complexity index is 284. The maximum atomic E-state index is 5.99. The number of rotatable bonds is 6. The summed E-state index contributed by atoms with van der Waals surface area (Å²) < 4.78 is 0. The lowest BCUT2D eigenvalue weighted by molar-refractivity contribution is 0.601. The van der Waals surface area contributed by atoms with Crippen LogP contribution in [0.2, 0.25) is 5.02 Å². The van der Waals surface area contributed by atoms with E-state index in [2.05, 4.69) is 13.0 Å². The zero-order valence-electron chi connectivity index (χ0n) is 9.18. The second-order valence-electron chi connectivity index (χ2n) is 3.90. The maximum Gasteiger partial charge on any atom is 0.0408 e. The molecular weight excluding hydrogens is 227 g/mol. The van der Waals surface area contributed by atoms with Gasteiger partial charge in [-0.25, -0.2) is 0 Å². The van der Waals surface area contributed by atoms with E-state index in [0.29, 0.717) is 11.8 Å². The number of unbranched alkanes of at least 4 members (excludes halogenated alkanes) is 2. The number of hydrogen-bond acceptors (Lipinski definition) is 0. The fourth-order valence-corrected chi connectivity index (χ4v) is 2.27. The van der Waals surface area contributed by atoms with Gasteiger partial charge in [-0.05, 0) is 30.0 Å². The topological polar surface area (TPSA) is 0 Å². The van der Waals surface area contributed by atoms with E-state index in [1.807, 2.05) is 18.2 Å². The highest BCUT2D eigenvalue weighted by Gasteiger charge is 2.09. The van der Waals surface area contributed by atoms with Gasteiger partial charge in [-0.1, -0.05) is 49.9 Å². The van der Waals surface area contributed by atoms with E-state index in [1.54, 1.807) is 0 Å². The summed E-state index contributed by atoms with van der Waals surface area (Å²) in [6.07, 6.45) is 4.95. The zero-order chi connectivity index (χ0) is 11.1. The molecule has 1 aromatic rings. The van der Waals surface area contributed by atoms with Crippen molar-refractivity contribution in [2.75, 3.05) is 5.88 Å². The number of hydrogen-bond donors (Lipinski definition) is 0. The second kappa shape index (κ2) is 7.14. The molecule has 1 aromatic carbocycles. The third-order valence-corrected chi connectivity index (χ3v) is 3.27. The molecule has 1 rings (SSSR count). The molecule has 1 unspecified atom stereocenters. The highest BCUT2D eigenvalue weighted by atomic mass is 35.5. The summed E-state index contributed by atoms with van der Waals surface area (Å²) in [4.78, 5) is 0. The molecule has 0 amide bonds. The first-order chi connectivity index (χ1) is 7.27. The molecule has 84 valence electrons. The molecular formula is C13H18Cl2. The first kappa shape index (κ1) is 12.9. The van der Waals surface area contributed by atoms with Gasteiger partial charge in [0.05, 0.1) is 0 Å². The van der Waals surface area contributed by atoms with E-state index < -0.39 is 0 Å². The van der Waals surface area contributed by atoms with E-state index in [-0.39, 0.29) is 0 Å². The summed E-state index contributed by atoms with van der Waals surface area (Å²) in [6.45, 7) is 2.22. The van der Waals surface area contributed by atoms with Gasteiger partial charge in [-0.2, -0.15) is 0 Å². The van der Waals surface area contributed by atoms with Crippen molar-refractivity contribution in [2.45, 2.75) is 38.5 Å². The molecule has 0 fully saturated rings. The molecule has 0 N–H and O–H groups in total. The highest BCUT2D eigenvalue weighted by Crippen LogP contribution is 2.25. The predicted octanol–water partition coefficient (Wildman–Crippen LogP) is 5.24. The van der Waals surface area contributed by atoms with Gasteiger partial charge in [0.2, 0.25) is 0 Å². The Morgan fingerprint density at radius 2 is 2.07 bits per heavy atom. The van der Waals surface area contributed by atoms with Gasteiger partial charge in [-0.3, -0.25) is 0 Å². The smallest absolute Gasteiger partial charge is 0.0408 e. The van der Waals surface area contributed by atoms with Crippen molar-refractivity contribution in [1.29, 1.82) is 0 Å². The second-order valence-corrected chi connectivity index (χ2v) is 4.65. The van der Waals surface area contributed by atoms with E-state index in [1.165, 1.54) is 24.8 Å². The summed E-state index contributed by atoms with van der Waals surface area (Å²) in [6, 6.07) is 8.05. The highest BCUT2D eigenvalue weighted by molar-refractivity contribution is 6.30. The van der Waals surface area contributed by atoms with Crippen LogP contribution in [-0.2, 0) is 0 Å². The number of halogens is 2. The Labute approximate surface area is 103 Å². The molecule has 0 saturated heterocycles. The molecule has 0 radical (unpaired) electrons. The molecule has 0 aliphatic rings. The van der Waals surface area contributed by atoms with Crippen LogP contribution in [0.3, 0.4) is 0 Å². The zero-order valence-corrected chi connectivity index (χ0v) is 10.7. The Balaban J connectivity index is 2.57. The monoisotopic (exact) mass is 244 g/mol. The van der Waals surface area contributed by atoms with Crippen molar-refractivity contribution < 1.29 is 0 Å². The Hall–Kier alpha value is -0.200. The molecule has 0 bridgehead atoms. The Kier molecular flexibility index (Phi) is 6.12. The average molecular weight is 245 g/mol. The summed E-state index contributed by atoms with van der Waals surface area (Å²) in [5, 5.41) is 0.804. The van der Waals surface area contributed by atoms with Gasteiger partial charge in [0, 0.05) is 10.9 Å². The van der Waals surface area contributed by atoms with Crippen molar-refractivity contribution >= 4 is 23.2 Å². The molecule has 0 aliphatic carbocycles. The molecule has 1 atom stereocenters. The molecule has 15 heavy (non-hydrogen) atoms. The van der Waals surface area contributed by atoms with Crippen LogP contribution >= 0.6 is 23.2 Å². The lowest BCUT2D eigenvalue weighted by Crippen LogP contribution is -2.00. The lowest BCUT2D eigenvalue weighted by atomic mass is 9.95. The van der Waals surface area contributed by atoms with Crippen LogP contribution in [0.5, 0.6) is 0 Å². The SMILES string of the molecule is CCCCCC(CCl)c1cccc(Cl)c1. The Morgan fingerprint density at radius 3 is 2.67 bits per heavy atom. The standard InChI is InChI=1S/C13H18Cl2/c1-2-3-4-6-12(10-14)11-7-5-8-13(15)9-11/h5,7-9,12H,2-4,6,10H2,1H3. The van der Waals surface area contributed by atoms with Crippen molar-refractivity contribution in [2.24, 2.45) is 0 Å². The molecule has 0 aliphatic heterocycles. The third-order valence-electron chi connectivity index (χ3n) is 2.66. The van der Waals surface area contributed by atoms with Gasteiger partial charge in [0.25, 0.3) is 0 Å². The van der Waals surface area contributed by atoms with Gasteiger partial charge >= 0.3 is 0 Å². The van der Waals surface area contributed by atoms with Crippen LogP contribution in [0.4, 0.5) is 0 Å². The largest absolute Gasteiger partial charge is 0.126 e. The fourth-order valence-electron chi connectivity index (χ4n) is 1.73. The van der Waals surface area contributed by atoms with Gasteiger partial charge in [-0.15, -0.1) is 11.6 Å².